The lowest BCUT2D eigenvalue weighted by atomic mass is 9.86. The highest BCUT2D eigenvalue weighted by molar-refractivity contribution is 4.82. The first-order chi connectivity index (χ1) is 6.74. The summed E-state index contributed by atoms with van der Waals surface area (Å²) in [6.07, 6.45) is 4.33. The first-order valence-corrected chi connectivity index (χ1v) is 5.52. The van der Waals surface area contributed by atoms with Gasteiger partial charge in [-0.1, -0.05) is 12.8 Å². The molecule has 0 aromatic rings. The molecule has 0 aromatic carbocycles. The van der Waals surface area contributed by atoms with Gasteiger partial charge in [-0.15, -0.1) is 0 Å². The summed E-state index contributed by atoms with van der Waals surface area (Å²) >= 11 is 0. The van der Waals surface area contributed by atoms with E-state index in [1.54, 1.807) is 0 Å². The highest BCUT2D eigenvalue weighted by Gasteiger charge is 2.22. The fourth-order valence-electron chi connectivity index (χ4n) is 1.96. The van der Waals surface area contributed by atoms with Gasteiger partial charge in [-0.3, -0.25) is 0 Å². The smallest absolute Gasteiger partial charge is 0.0666 e. The molecule has 3 nitrogen and oxygen atoms in total. The minimum atomic E-state index is -0.131. The van der Waals surface area contributed by atoms with E-state index in [4.69, 9.17) is 5.26 Å². The lowest BCUT2D eigenvalue weighted by molar-refractivity contribution is 0.0695. The minimum absolute atomic E-state index is 0.0655. The third-order valence-corrected chi connectivity index (χ3v) is 2.95. The van der Waals surface area contributed by atoms with Crippen molar-refractivity contribution < 1.29 is 5.11 Å². The maximum absolute atomic E-state index is 9.69. The van der Waals surface area contributed by atoms with Gasteiger partial charge in [0.15, 0.2) is 0 Å². The zero-order valence-electron chi connectivity index (χ0n) is 8.87. The van der Waals surface area contributed by atoms with E-state index in [-0.39, 0.29) is 12.0 Å². The van der Waals surface area contributed by atoms with E-state index in [1.165, 1.54) is 6.42 Å². The van der Waals surface area contributed by atoms with Crippen LogP contribution in [0.15, 0.2) is 0 Å². The molecule has 0 heterocycles. The van der Waals surface area contributed by atoms with Crippen LogP contribution in [0.1, 0.15) is 32.6 Å². The van der Waals surface area contributed by atoms with E-state index in [9.17, 15) is 5.11 Å². The molecule has 3 atom stereocenters. The highest BCUT2D eigenvalue weighted by atomic mass is 16.3. The standard InChI is InChI=1S/C11H20N2O/c1-9(6-12)7-13-8-10-4-2-3-5-11(10)14/h9-11,13-14H,2-5,7-8H2,1H3. The van der Waals surface area contributed by atoms with E-state index in [0.717, 1.165) is 32.4 Å². The minimum Gasteiger partial charge on any atom is -0.393 e. The molecule has 1 saturated carbocycles. The summed E-state index contributed by atoms with van der Waals surface area (Å²) in [7, 11) is 0. The predicted octanol–water partition coefficient (Wildman–Crippen LogP) is 1.29. The van der Waals surface area contributed by atoms with Crippen molar-refractivity contribution in [1.29, 1.82) is 5.26 Å². The van der Waals surface area contributed by atoms with Gasteiger partial charge in [0.1, 0.15) is 0 Å². The van der Waals surface area contributed by atoms with Gasteiger partial charge in [0.2, 0.25) is 0 Å². The van der Waals surface area contributed by atoms with Crippen molar-refractivity contribution in [3.05, 3.63) is 0 Å². The third-order valence-electron chi connectivity index (χ3n) is 2.95. The lowest BCUT2D eigenvalue weighted by Gasteiger charge is -2.27. The molecule has 3 unspecified atom stereocenters. The van der Waals surface area contributed by atoms with Gasteiger partial charge in [0, 0.05) is 13.1 Å². The molecule has 1 aliphatic rings. The van der Waals surface area contributed by atoms with Gasteiger partial charge in [-0.2, -0.15) is 5.26 Å². The number of aliphatic hydroxyl groups is 1. The highest BCUT2D eigenvalue weighted by Crippen LogP contribution is 2.23. The topological polar surface area (TPSA) is 56.0 Å². The fourth-order valence-corrected chi connectivity index (χ4v) is 1.96. The summed E-state index contributed by atoms with van der Waals surface area (Å²) in [6, 6.07) is 2.19. The first kappa shape index (κ1) is 11.5. The zero-order valence-corrected chi connectivity index (χ0v) is 8.87. The largest absolute Gasteiger partial charge is 0.393 e. The van der Waals surface area contributed by atoms with Crippen LogP contribution in [0.2, 0.25) is 0 Å². The molecular weight excluding hydrogens is 176 g/mol. The van der Waals surface area contributed by atoms with Crippen molar-refractivity contribution in [3.63, 3.8) is 0 Å². The molecule has 14 heavy (non-hydrogen) atoms. The summed E-state index contributed by atoms with van der Waals surface area (Å²) in [4.78, 5) is 0. The van der Waals surface area contributed by atoms with E-state index in [1.807, 2.05) is 6.92 Å². The predicted molar refractivity (Wildman–Crippen MR) is 55.6 cm³/mol. The summed E-state index contributed by atoms with van der Waals surface area (Å²) in [6.45, 7) is 3.50. The number of nitrogens with zero attached hydrogens (tertiary/aromatic N) is 1. The molecule has 0 amide bonds. The van der Waals surface area contributed by atoms with E-state index in [2.05, 4.69) is 11.4 Å². The van der Waals surface area contributed by atoms with Crippen LogP contribution in [0, 0.1) is 23.2 Å². The molecule has 0 aliphatic heterocycles. The molecule has 3 heteroatoms. The Balaban J connectivity index is 2.14. The van der Waals surface area contributed by atoms with Crippen molar-refractivity contribution >= 4 is 0 Å². The second-order valence-electron chi connectivity index (χ2n) is 4.30. The number of hydrogen-bond donors (Lipinski definition) is 2. The molecule has 0 bridgehead atoms. The molecule has 2 N–H and O–H groups in total. The van der Waals surface area contributed by atoms with Crippen LogP contribution in [0.3, 0.4) is 0 Å². The second-order valence-corrected chi connectivity index (χ2v) is 4.30. The Morgan fingerprint density at radius 3 is 2.86 bits per heavy atom. The summed E-state index contributed by atoms with van der Waals surface area (Å²) < 4.78 is 0. The molecule has 1 rings (SSSR count). The van der Waals surface area contributed by atoms with Crippen molar-refractivity contribution in [2.75, 3.05) is 13.1 Å². The molecule has 0 aromatic heterocycles. The first-order valence-electron chi connectivity index (χ1n) is 5.52. The summed E-state index contributed by atoms with van der Waals surface area (Å²) in [5.41, 5.74) is 0. The summed E-state index contributed by atoms with van der Waals surface area (Å²) in [5, 5.41) is 21.5. The maximum atomic E-state index is 9.69. The maximum Gasteiger partial charge on any atom is 0.0666 e. The Bertz CT molecular complexity index is 200. The fraction of sp³-hybridized carbons (Fsp3) is 0.909. The Labute approximate surface area is 86.1 Å². The van der Waals surface area contributed by atoms with Gasteiger partial charge in [-0.25, -0.2) is 0 Å². The molecular formula is C11H20N2O. The van der Waals surface area contributed by atoms with Gasteiger partial charge >= 0.3 is 0 Å². The molecule has 1 aliphatic carbocycles. The molecule has 1 fully saturated rings. The van der Waals surface area contributed by atoms with Crippen LogP contribution in [0.25, 0.3) is 0 Å². The molecule has 0 saturated heterocycles. The third kappa shape index (κ3) is 3.65. The van der Waals surface area contributed by atoms with Gasteiger partial charge in [0.25, 0.3) is 0 Å². The van der Waals surface area contributed by atoms with Crippen LogP contribution >= 0.6 is 0 Å². The van der Waals surface area contributed by atoms with Gasteiger partial charge < -0.3 is 10.4 Å². The number of hydrogen-bond acceptors (Lipinski definition) is 3. The molecule has 0 spiro atoms. The van der Waals surface area contributed by atoms with Crippen LogP contribution in [-0.2, 0) is 0 Å². The van der Waals surface area contributed by atoms with Crippen LogP contribution < -0.4 is 5.32 Å². The van der Waals surface area contributed by atoms with Crippen LogP contribution in [0.4, 0.5) is 0 Å². The Hall–Kier alpha value is -0.590. The van der Waals surface area contributed by atoms with Crippen LogP contribution in [-0.4, -0.2) is 24.3 Å². The van der Waals surface area contributed by atoms with Crippen LogP contribution in [0.5, 0.6) is 0 Å². The monoisotopic (exact) mass is 196 g/mol. The van der Waals surface area contributed by atoms with E-state index in [0.29, 0.717) is 5.92 Å². The van der Waals surface area contributed by atoms with Crippen molar-refractivity contribution in [1.82, 2.24) is 5.32 Å². The average Bonchev–Trinajstić information content (AvgIpc) is 2.20. The lowest BCUT2D eigenvalue weighted by Crippen LogP contribution is -2.35. The number of aliphatic hydroxyl groups excluding tert-OH is 1. The summed E-state index contributed by atoms with van der Waals surface area (Å²) in [5.74, 6) is 0.463. The quantitative estimate of drug-likeness (QED) is 0.712. The molecule has 80 valence electrons. The normalized spacial score (nSPS) is 29.5. The average molecular weight is 196 g/mol. The van der Waals surface area contributed by atoms with Crippen molar-refractivity contribution in [3.8, 4) is 6.07 Å². The number of nitrogens with one attached hydrogen (secondary N) is 1. The van der Waals surface area contributed by atoms with E-state index < -0.39 is 0 Å². The Kier molecular flexibility index (Phi) is 4.92. The van der Waals surface area contributed by atoms with Crippen molar-refractivity contribution in [2.24, 2.45) is 11.8 Å². The SMILES string of the molecule is CC(C#N)CNCC1CCCCC1O. The number of rotatable bonds is 4. The van der Waals surface area contributed by atoms with Gasteiger partial charge in [-0.05, 0) is 25.7 Å². The zero-order chi connectivity index (χ0) is 10.4. The van der Waals surface area contributed by atoms with Crippen molar-refractivity contribution in [2.45, 2.75) is 38.7 Å². The van der Waals surface area contributed by atoms with Gasteiger partial charge in [0.05, 0.1) is 18.1 Å². The Morgan fingerprint density at radius 1 is 1.50 bits per heavy atom. The Morgan fingerprint density at radius 2 is 2.21 bits per heavy atom. The molecule has 0 radical (unpaired) electrons. The number of nitriles is 1. The van der Waals surface area contributed by atoms with E-state index >= 15 is 0 Å². The second kappa shape index (κ2) is 6.00.